The van der Waals surface area contributed by atoms with Crippen molar-refractivity contribution in [3.8, 4) is 0 Å². The molecule has 0 fully saturated rings. The van der Waals surface area contributed by atoms with Crippen molar-refractivity contribution in [2.45, 2.75) is 32.0 Å². The van der Waals surface area contributed by atoms with Gasteiger partial charge < -0.3 is 9.84 Å². The summed E-state index contributed by atoms with van der Waals surface area (Å²) in [4.78, 5) is 2.14. The van der Waals surface area contributed by atoms with Crippen LogP contribution in [0, 0.1) is 0 Å². The molecule has 3 unspecified atom stereocenters. The van der Waals surface area contributed by atoms with Crippen LogP contribution in [0.5, 0.6) is 0 Å². The monoisotopic (exact) mass is 237 g/mol. The van der Waals surface area contributed by atoms with E-state index in [1.165, 1.54) is 0 Å². The molecule has 17 heavy (non-hydrogen) atoms. The lowest BCUT2D eigenvalue weighted by Gasteiger charge is -2.33. The van der Waals surface area contributed by atoms with E-state index in [0.717, 1.165) is 5.56 Å². The molecule has 0 radical (unpaired) electrons. The smallest absolute Gasteiger partial charge is 0.0942 e. The van der Waals surface area contributed by atoms with Crippen molar-refractivity contribution in [1.29, 1.82) is 0 Å². The largest absolute Gasteiger partial charge is 0.387 e. The Bertz CT molecular complexity index is 315. The standard InChI is InChI=1S/C14H23NO2/c1-11(10-17-4)15(3)12(2)14(16)13-8-6-5-7-9-13/h5-9,11-12,14,16H,10H2,1-4H3. The zero-order valence-corrected chi connectivity index (χ0v) is 11.1. The number of methoxy groups -OCH3 is 1. The van der Waals surface area contributed by atoms with Crippen molar-refractivity contribution < 1.29 is 9.84 Å². The van der Waals surface area contributed by atoms with Gasteiger partial charge in [0, 0.05) is 19.2 Å². The molecule has 0 bridgehead atoms. The Kier molecular flexibility index (Phi) is 5.62. The van der Waals surface area contributed by atoms with Gasteiger partial charge >= 0.3 is 0 Å². The van der Waals surface area contributed by atoms with Gasteiger partial charge in [0.25, 0.3) is 0 Å². The first kappa shape index (κ1) is 14.2. The van der Waals surface area contributed by atoms with E-state index < -0.39 is 6.10 Å². The molecule has 0 saturated carbocycles. The third-order valence-electron chi connectivity index (χ3n) is 3.34. The highest BCUT2D eigenvalue weighted by molar-refractivity contribution is 5.18. The number of nitrogens with zero attached hydrogens (tertiary/aromatic N) is 1. The number of aliphatic hydroxyl groups excluding tert-OH is 1. The fraction of sp³-hybridized carbons (Fsp3) is 0.571. The lowest BCUT2D eigenvalue weighted by molar-refractivity contribution is 0.0280. The SMILES string of the molecule is COCC(C)N(C)C(C)C(O)c1ccccc1. The van der Waals surface area contributed by atoms with E-state index in [2.05, 4.69) is 11.8 Å². The van der Waals surface area contributed by atoms with Crippen LogP contribution < -0.4 is 0 Å². The van der Waals surface area contributed by atoms with E-state index >= 15 is 0 Å². The summed E-state index contributed by atoms with van der Waals surface area (Å²) in [7, 11) is 3.71. The maximum absolute atomic E-state index is 10.3. The zero-order chi connectivity index (χ0) is 12.8. The van der Waals surface area contributed by atoms with Crippen molar-refractivity contribution in [1.82, 2.24) is 4.90 Å². The molecule has 3 atom stereocenters. The van der Waals surface area contributed by atoms with Gasteiger partial charge in [-0.1, -0.05) is 30.3 Å². The highest BCUT2D eigenvalue weighted by Gasteiger charge is 2.23. The average Bonchev–Trinajstić information content (AvgIpc) is 2.37. The van der Waals surface area contributed by atoms with Crippen LogP contribution in [0.15, 0.2) is 30.3 Å². The molecule has 0 aliphatic carbocycles. The molecular weight excluding hydrogens is 214 g/mol. The molecule has 3 nitrogen and oxygen atoms in total. The fourth-order valence-corrected chi connectivity index (χ4v) is 1.91. The predicted octanol–water partition coefficient (Wildman–Crippen LogP) is 2.08. The number of benzene rings is 1. The first-order valence-corrected chi connectivity index (χ1v) is 6.01. The molecule has 96 valence electrons. The molecule has 1 aromatic rings. The molecular formula is C14H23NO2. The van der Waals surface area contributed by atoms with E-state index in [1.807, 2.05) is 44.3 Å². The first-order valence-electron chi connectivity index (χ1n) is 6.01. The molecule has 1 rings (SSSR count). The van der Waals surface area contributed by atoms with Crippen LogP contribution in [-0.4, -0.2) is 42.9 Å². The molecule has 0 aliphatic rings. The van der Waals surface area contributed by atoms with Crippen LogP contribution in [-0.2, 0) is 4.74 Å². The number of aliphatic hydroxyl groups is 1. The Morgan fingerprint density at radius 3 is 2.35 bits per heavy atom. The predicted molar refractivity (Wildman–Crippen MR) is 70.0 cm³/mol. The van der Waals surface area contributed by atoms with E-state index in [-0.39, 0.29) is 12.1 Å². The van der Waals surface area contributed by atoms with Gasteiger partial charge in [-0.15, -0.1) is 0 Å². The molecule has 1 aromatic carbocycles. The number of likely N-dealkylation sites (N-methyl/N-ethyl adjacent to an activating group) is 1. The Morgan fingerprint density at radius 1 is 1.24 bits per heavy atom. The molecule has 0 spiro atoms. The highest BCUT2D eigenvalue weighted by Crippen LogP contribution is 2.21. The summed E-state index contributed by atoms with van der Waals surface area (Å²) in [5.41, 5.74) is 0.955. The van der Waals surface area contributed by atoms with Crippen LogP contribution in [0.2, 0.25) is 0 Å². The van der Waals surface area contributed by atoms with Gasteiger partial charge in [0.1, 0.15) is 0 Å². The van der Waals surface area contributed by atoms with Gasteiger partial charge in [-0.2, -0.15) is 0 Å². The second-order valence-electron chi connectivity index (χ2n) is 4.57. The summed E-state index contributed by atoms with van der Waals surface area (Å²) in [5.74, 6) is 0. The summed E-state index contributed by atoms with van der Waals surface area (Å²) in [5, 5.41) is 10.3. The Balaban J connectivity index is 2.66. The van der Waals surface area contributed by atoms with Crippen LogP contribution in [0.4, 0.5) is 0 Å². The van der Waals surface area contributed by atoms with E-state index in [1.54, 1.807) is 7.11 Å². The Hall–Kier alpha value is -0.900. The molecule has 0 amide bonds. The molecule has 0 aromatic heterocycles. The van der Waals surface area contributed by atoms with Crippen LogP contribution >= 0.6 is 0 Å². The van der Waals surface area contributed by atoms with Crippen molar-refractivity contribution in [3.63, 3.8) is 0 Å². The van der Waals surface area contributed by atoms with Crippen molar-refractivity contribution in [2.24, 2.45) is 0 Å². The lowest BCUT2D eigenvalue weighted by atomic mass is 10.0. The van der Waals surface area contributed by atoms with Gasteiger partial charge in [-0.05, 0) is 26.5 Å². The number of hydrogen-bond acceptors (Lipinski definition) is 3. The average molecular weight is 237 g/mol. The molecule has 0 saturated heterocycles. The molecule has 0 aliphatic heterocycles. The first-order chi connectivity index (χ1) is 8.07. The van der Waals surface area contributed by atoms with Crippen molar-refractivity contribution >= 4 is 0 Å². The van der Waals surface area contributed by atoms with Crippen LogP contribution in [0.25, 0.3) is 0 Å². The number of rotatable bonds is 6. The van der Waals surface area contributed by atoms with E-state index in [4.69, 9.17) is 4.74 Å². The van der Waals surface area contributed by atoms with Gasteiger partial charge in [-0.25, -0.2) is 0 Å². The lowest BCUT2D eigenvalue weighted by Crippen LogP contribution is -2.42. The number of ether oxygens (including phenoxy) is 1. The number of hydrogen-bond donors (Lipinski definition) is 1. The van der Waals surface area contributed by atoms with Crippen molar-refractivity contribution in [3.05, 3.63) is 35.9 Å². The topological polar surface area (TPSA) is 32.7 Å². The summed E-state index contributed by atoms with van der Waals surface area (Å²) >= 11 is 0. The minimum Gasteiger partial charge on any atom is -0.387 e. The fourth-order valence-electron chi connectivity index (χ4n) is 1.91. The summed E-state index contributed by atoms with van der Waals surface area (Å²) in [6.07, 6.45) is -0.472. The van der Waals surface area contributed by atoms with Crippen LogP contribution in [0.1, 0.15) is 25.5 Å². The van der Waals surface area contributed by atoms with Gasteiger partial charge in [0.05, 0.1) is 12.7 Å². The minimum absolute atomic E-state index is 0.0579. The second kappa shape index (κ2) is 6.74. The summed E-state index contributed by atoms with van der Waals surface area (Å²) in [6.45, 7) is 4.80. The van der Waals surface area contributed by atoms with E-state index in [0.29, 0.717) is 6.61 Å². The molecule has 1 N–H and O–H groups in total. The zero-order valence-electron chi connectivity index (χ0n) is 11.1. The summed E-state index contributed by atoms with van der Waals surface area (Å²) < 4.78 is 5.14. The van der Waals surface area contributed by atoms with Crippen molar-refractivity contribution in [2.75, 3.05) is 20.8 Å². The van der Waals surface area contributed by atoms with Gasteiger partial charge in [-0.3, -0.25) is 4.90 Å². The minimum atomic E-state index is -0.472. The molecule has 0 heterocycles. The third-order valence-corrected chi connectivity index (χ3v) is 3.34. The summed E-state index contributed by atoms with van der Waals surface area (Å²) in [6, 6.07) is 10.1. The van der Waals surface area contributed by atoms with Crippen LogP contribution in [0.3, 0.4) is 0 Å². The maximum atomic E-state index is 10.3. The third kappa shape index (κ3) is 3.80. The highest BCUT2D eigenvalue weighted by atomic mass is 16.5. The Morgan fingerprint density at radius 2 is 1.82 bits per heavy atom. The second-order valence-corrected chi connectivity index (χ2v) is 4.57. The molecule has 3 heteroatoms. The normalized spacial score (nSPS) is 16.8. The Labute approximate surface area is 104 Å². The van der Waals surface area contributed by atoms with E-state index in [9.17, 15) is 5.11 Å². The quantitative estimate of drug-likeness (QED) is 0.822. The van der Waals surface area contributed by atoms with Gasteiger partial charge in [0.15, 0.2) is 0 Å². The maximum Gasteiger partial charge on any atom is 0.0942 e. The van der Waals surface area contributed by atoms with Gasteiger partial charge in [0.2, 0.25) is 0 Å².